The van der Waals surface area contributed by atoms with Crippen LogP contribution in [0.1, 0.15) is 5.56 Å². The number of urea groups is 1. The molecule has 2 N–H and O–H groups in total. The zero-order valence-corrected chi connectivity index (χ0v) is 12.3. The van der Waals surface area contributed by atoms with Crippen LogP contribution in [-0.4, -0.2) is 24.1 Å². The average Bonchev–Trinajstić information content (AvgIpc) is 2.40. The van der Waals surface area contributed by atoms with E-state index in [-0.39, 0.29) is 0 Å². The Kier molecular flexibility index (Phi) is 3.50. The fourth-order valence-corrected chi connectivity index (χ4v) is 2.70. The molecule has 1 aromatic rings. The Bertz CT molecular complexity index is 653. The lowest BCUT2D eigenvalue weighted by Crippen LogP contribution is -2.61. The van der Waals surface area contributed by atoms with Crippen LogP contribution in [-0.2, 0) is 20.7 Å². The van der Waals surface area contributed by atoms with Crippen LogP contribution in [0.15, 0.2) is 40.4 Å². The number of hydrogen-bond acceptors (Lipinski definition) is 4. The molecule has 0 bridgehead atoms. The summed E-state index contributed by atoms with van der Waals surface area (Å²) in [4.78, 5) is 34.9. The number of nitrogens with one attached hydrogen (secondary N) is 2. The first-order valence-electron chi connectivity index (χ1n) is 6.30. The maximum atomic E-state index is 12.0. The van der Waals surface area contributed by atoms with E-state index in [4.69, 9.17) is 4.74 Å². The number of carbonyl (C=O) groups is 3. The van der Waals surface area contributed by atoms with Gasteiger partial charge in [-0.05, 0) is 29.7 Å². The van der Waals surface area contributed by atoms with E-state index in [1.54, 1.807) is 0 Å². The lowest BCUT2D eigenvalue weighted by molar-refractivity contribution is -0.152. The van der Waals surface area contributed by atoms with E-state index in [1.807, 2.05) is 24.3 Å². The van der Waals surface area contributed by atoms with Crippen molar-refractivity contribution in [2.45, 2.75) is 12.6 Å². The number of halogens is 1. The minimum absolute atomic E-state index is 0.437. The summed E-state index contributed by atoms with van der Waals surface area (Å²) in [5.74, 6) is -1.71. The molecule has 7 heteroatoms. The van der Waals surface area contributed by atoms with Gasteiger partial charge in [0.15, 0.2) is 6.23 Å². The van der Waals surface area contributed by atoms with Crippen molar-refractivity contribution < 1.29 is 19.1 Å². The molecule has 1 fully saturated rings. The summed E-state index contributed by atoms with van der Waals surface area (Å²) in [6.45, 7) is 0. The first-order valence-corrected chi connectivity index (χ1v) is 7.09. The van der Waals surface area contributed by atoms with Crippen molar-refractivity contribution in [3.8, 4) is 0 Å². The summed E-state index contributed by atoms with van der Waals surface area (Å²) < 4.78 is 5.95. The molecule has 0 aliphatic carbocycles. The van der Waals surface area contributed by atoms with Crippen LogP contribution < -0.4 is 10.6 Å². The maximum Gasteiger partial charge on any atom is 0.332 e. The van der Waals surface area contributed by atoms with Crippen LogP contribution in [0.3, 0.4) is 0 Å². The van der Waals surface area contributed by atoms with Crippen LogP contribution in [0.5, 0.6) is 0 Å². The number of imide groups is 1. The molecule has 0 saturated carbocycles. The monoisotopic (exact) mass is 350 g/mol. The quantitative estimate of drug-likeness (QED) is 0.786. The van der Waals surface area contributed by atoms with Crippen LogP contribution in [0.25, 0.3) is 0 Å². The van der Waals surface area contributed by atoms with Crippen molar-refractivity contribution in [3.63, 3.8) is 0 Å². The number of carbonyl (C=O) groups excluding carboxylic acids is 3. The van der Waals surface area contributed by atoms with E-state index in [0.717, 1.165) is 10.0 Å². The van der Waals surface area contributed by atoms with E-state index in [1.165, 1.54) is 6.08 Å². The number of esters is 1. The second kappa shape index (κ2) is 5.33. The Morgan fingerprint density at radius 2 is 1.86 bits per heavy atom. The molecule has 108 valence electrons. The predicted octanol–water partition coefficient (Wildman–Crippen LogP) is 1.26. The summed E-state index contributed by atoms with van der Waals surface area (Å²) in [5, 5.41) is 4.63. The van der Waals surface area contributed by atoms with Gasteiger partial charge in [0.1, 0.15) is 5.92 Å². The van der Waals surface area contributed by atoms with Crippen molar-refractivity contribution in [3.05, 3.63) is 46.0 Å². The number of fused-ring (bicyclic) bond motifs is 1. The van der Waals surface area contributed by atoms with Crippen molar-refractivity contribution in [2.24, 2.45) is 5.92 Å². The highest BCUT2D eigenvalue weighted by Crippen LogP contribution is 2.27. The highest BCUT2D eigenvalue weighted by molar-refractivity contribution is 9.10. The maximum absolute atomic E-state index is 12.0. The van der Waals surface area contributed by atoms with Gasteiger partial charge < -0.3 is 10.1 Å². The molecule has 0 spiro atoms. The predicted molar refractivity (Wildman–Crippen MR) is 76.0 cm³/mol. The lowest BCUT2D eigenvalue weighted by Gasteiger charge is -2.34. The summed E-state index contributed by atoms with van der Waals surface area (Å²) >= 11 is 3.35. The lowest BCUT2D eigenvalue weighted by atomic mass is 9.88. The number of hydrogen-bond donors (Lipinski definition) is 2. The normalized spacial score (nSPS) is 24.4. The molecule has 3 amide bonds. The van der Waals surface area contributed by atoms with Crippen molar-refractivity contribution in [1.82, 2.24) is 10.6 Å². The summed E-state index contributed by atoms with van der Waals surface area (Å²) in [7, 11) is 0. The molecule has 2 unspecified atom stereocenters. The van der Waals surface area contributed by atoms with Gasteiger partial charge in [0.25, 0.3) is 0 Å². The Hall–Kier alpha value is -2.15. The van der Waals surface area contributed by atoms with Crippen LogP contribution >= 0.6 is 15.9 Å². The molecular weight excluding hydrogens is 340 g/mol. The highest BCUT2D eigenvalue weighted by Gasteiger charge is 2.42. The second-order valence-corrected chi connectivity index (χ2v) is 5.74. The topological polar surface area (TPSA) is 84.5 Å². The first-order chi connectivity index (χ1) is 10.0. The summed E-state index contributed by atoms with van der Waals surface area (Å²) in [5.41, 5.74) is 1.58. The Labute approximate surface area is 128 Å². The zero-order valence-electron chi connectivity index (χ0n) is 10.8. The van der Waals surface area contributed by atoms with Gasteiger partial charge in [-0.1, -0.05) is 28.1 Å². The molecule has 6 nitrogen and oxygen atoms in total. The van der Waals surface area contributed by atoms with Gasteiger partial charge in [0.2, 0.25) is 5.91 Å². The minimum Gasteiger partial charge on any atom is -0.437 e. The van der Waals surface area contributed by atoms with Gasteiger partial charge in [0.05, 0.1) is 0 Å². The molecule has 2 aliphatic rings. The Balaban J connectivity index is 1.88. The number of rotatable bonds is 2. The number of amides is 3. The molecule has 1 saturated heterocycles. The van der Waals surface area contributed by atoms with Gasteiger partial charge in [-0.3, -0.25) is 10.1 Å². The molecule has 1 aromatic carbocycles. The fourth-order valence-electron chi connectivity index (χ4n) is 2.44. The molecule has 2 atom stereocenters. The Morgan fingerprint density at radius 1 is 1.14 bits per heavy atom. The van der Waals surface area contributed by atoms with Crippen molar-refractivity contribution in [1.29, 1.82) is 0 Å². The molecule has 0 radical (unpaired) electrons. The molecule has 2 aliphatic heterocycles. The molecule has 0 aromatic heterocycles. The van der Waals surface area contributed by atoms with Crippen molar-refractivity contribution >= 4 is 33.8 Å². The number of benzene rings is 1. The van der Waals surface area contributed by atoms with Gasteiger partial charge in [-0.25, -0.2) is 9.59 Å². The average molecular weight is 351 g/mol. The van der Waals surface area contributed by atoms with E-state index >= 15 is 0 Å². The van der Waals surface area contributed by atoms with Crippen LogP contribution in [0.2, 0.25) is 0 Å². The third kappa shape index (κ3) is 2.82. The van der Waals surface area contributed by atoms with E-state index in [0.29, 0.717) is 12.0 Å². The third-order valence-electron chi connectivity index (χ3n) is 3.36. The smallest absolute Gasteiger partial charge is 0.332 e. The van der Waals surface area contributed by atoms with E-state index in [9.17, 15) is 14.4 Å². The fraction of sp³-hybridized carbons (Fsp3) is 0.214. The van der Waals surface area contributed by atoms with Gasteiger partial charge in [-0.15, -0.1) is 0 Å². The standard InChI is InChI=1S/C14H11BrN2O4/c15-9-3-1-7(2-4-9)5-8-6-10(18)21-13-11(8)12(19)16-14(20)17-13/h1-4,6,11,13H,5H2,(H2,16,17,19,20). The van der Waals surface area contributed by atoms with E-state index in [2.05, 4.69) is 26.6 Å². The summed E-state index contributed by atoms with van der Waals surface area (Å²) in [6.07, 6.45) is 0.821. The van der Waals surface area contributed by atoms with Gasteiger partial charge >= 0.3 is 12.0 Å². The van der Waals surface area contributed by atoms with Crippen LogP contribution in [0, 0.1) is 5.92 Å². The molecule has 2 heterocycles. The zero-order chi connectivity index (χ0) is 15.0. The van der Waals surface area contributed by atoms with Crippen molar-refractivity contribution in [2.75, 3.05) is 0 Å². The molecular formula is C14H11BrN2O4. The largest absolute Gasteiger partial charge is 0.437 e. The number of ether oxygens (including phenoxy) is 1. The van der Waals surface area contributed by atoms with Gasteiger partial charge in [0, 0.05) is 10.5 Å². The molecule has 3 rings (SSSR count). The first kappa shape index (κ1) is 13.8. The van der Waals surface area contributed by atoms with Gasteiger partial charge in [-0.2, -0.15) is 0 Å². The van der Waals surface area contributed by atoms with E-state index < -0.39 is 30.1 Å². The SMILES string of the molecule is O=C1NC(=O)C2C(Cc3ccc(Br)cc3)=CC(=O)OC2N1. The molecule has 21 heavy (non-hydrogen) atoms. The highest BCUT2D eigenvalue weighted by atomic mass is 79.9. The summed E-state index contributed by atoms with van der Waals surface area (Å²) in [6, 6.07) is 6.92. The Morgan fingerprint density at radius 3 is 2.57 bits per heavy atom. The van der Waals surface area contributed by atoms with Crippen LogP contribution in [0.4, 0.5) is 4.79 Å². The minimum atomic E-state index is -0.936. The third-order valence-corrected chi connectivity index (χ3v) is 3.89. The second-order valence-electron chi connectivity index (χ2n) is 4.82.